The van der Waals surface area contributed by atoms with Gasteiger partial charge in [-0.1, -0.05) is 30.9 Å². The minimum absolute atomic E-state index is 1.71. The van der Waals surface area contributed by atoms with Gasteiger partial charge in [0, 0.05) is 12.4 Å². The first-order valence-electron chi connectivity index (χ1n) is 3.50. The van der Waals surface area contributed by atoms with E-state index in [1.54, 1.807) is 18.5 Å². The summed E-state index contributed by atoms with van der Waals surface area (Å²) in [7, 11) is 0. The molecule has 0 fully saturated rings. The van der Waals surface area contributed by atoms with Crippen LogP contribution in [-0.4, -0.2) is 6.21 Å². The molecule has 58 valence electrons. The topological polar surface area (TPSA) is 12.4 Å². The first kappa shape index (κ1) is 9.63. The predicted octanol–water partition coefficient (Wildman–Crippen LogP) is 2.89. The molecule has 0 spiro atoms. The molecule has 0 saturated carbocycles. The summed E-state index contributed by atoms with van der Waals surface area (Å²) in [4.78, 5) is 3.96. The molecule has 0 radical (unpaired) electrons. The van der Waals surface area contributed by atoms with E-state index in [9.17, 15) is 0 Å². The molecule has 0 aromatic rings. The van der Waals surface area contributed by atoms with Gasteiger partial charge < -0.3 is 0 Å². The smallest absolute Gasteiger partial charge is 0.0267 e. The van der Waals surface area contributed by atoms with Crippen molar-refractivity contribution in [1.29, 1.82) is 0 Å². The molecule has 0 bridgehead atoms. The van der Waals surface area contributed by atoms with E-state index in [2.05, 4.69) is 11.6 Å². The monoisotopic (exact) mass is 147 g/mol. The molecule has 0 heterocycles. The van der Waals surface area contributed by atoms with E-state index < -0.39 is 0 Å². The molecular formula is C10H13N. The van der Waals surface area contributed by atoms with E-state index in [0.717, 1.165) is 0 Å². The third-order valence-corrected chi connectivity index (χ3v) is 0.895. The zero-order valence-corrected chi connectivity index (χ0v) is 6.77. The van der Waals surface area contributed by atoms with Crippen LogP contribution in [0.3, 0.4) is 0 Å². The van der Waals surface area contributed by atoms with Crippen LogP contribution in [-0.2, 0) is 0 Å². The summed E-state index contributed by atoms with van der Waals surface area (Å²) in [6, 6.07) is 0. The van der Waals surface area contributed by atoms with Gasteiger partial charge in [0.25, 0.3) is 0 Å². The first-order chi connectivity index (χ1) is 5.41. The maximum Gasteiger partial charge on any atom is 0.0267 e. The molecule has 0 aliphatic heterocycles. The molecule has 11 heavy (non-hydrogen) atoms. The van der Waals surface area contributed by atoms with Crippen LogP contribution in [0.15, 0.2) is 54.2 Å². The highest BCUT2D eigenvalue weighted by Crippen LogP contribution is 1.77. The van der Waals surface area contributed by atoms with E-state index in [1.165, 1.54) is 0 Å². The Morgan fingerprint density at radius 1 is 1.09 bits per heavy atom. The number of aliphatic imine (C=N–C) groups is 1. The highest BCUT2D eigenvalue weighted by Gasteiger charge is 1.60. The molecule has 0 N–H and O–H groups in total. The molecule has 0 saturated heterocycles. The number of hydrogen-bond donors (Lipinski definition) is 0. The predicted molar refractivity (Wildman–Crippen MR) is 51.8 cm³/mol. The third kappa shape index (κ3) is 8.63. The van der Waals surface area contributed by atoms with Gasteiger partial charge in [-0.2, -0.15) is 0 Å². The van der Waals surface area contributed by atoms with Gasteiger partial charge in [0.1, 0.15) is 0 Å². The van der Waals surface area contributed by atoms with Crippen LogP contribution in [0.5, 0.6) is 0 Å². The van der Waals surface area contributed by atoms with Crippen LogP contribution in [0.25, 0.3) is 0 Å². The third-order valence-electron chi connectivity index (χ3n) is 0.895. The van der Waals surface area contributed by atoms with Crippen LogP contribution in [0.1, 0.15) is 6.92 Å². The molecule has 0 amide bonds. The molecule has 0 aromatic carbocycles. The number of allylic oxidation sites excluding steroid dienone is 6. The fourth-order valence-corrected chi connectivity index (χ4v) is 0.438. The van der Waals surface area contributed by atoms with Gasteiger partial charge in [0.15, 0.2) is 0 Å². The molecular weight excluding hydrogens is 134 g/mol. The summed E-state index contributed by atoms with van der Waals surface area (Å²) >= 11 is 0. The molecule has 0 atom stereocenters. The lowest BCUT2D eigenvalue weighted by molar-refractivity contribution is 1.58. The molecule has 0 rings (SSSR count). The standard InChI is InChI=1S/C10H13N/c1-3-5-7-9-11-10-8-6-4-2/h3-10H,1H2,2H3/b6-4+,7-5+,10-8-,11-9-. The summed E-state index contributed by atoms with van der Waals surface area (Å²) in [6.45, 7) is 5.49. The lowest BCUT2D eigenvalue weighted by atomic mass is 10.5. The SMILES string of the molecule is C=C/C=C/C=N\C=C/C=C/C. The number of nitrogens with zero attached hydrogens (tertiary/aromatic N) is 1. The van der Waals surface area contributed by atoms with E-state index in [0.29, 0.717) is 0 Å². The van der Waals surface area contributed by atoms with E-state index >= 15 is 0 Å². The Morgan fingerprint density at radius 3 is 2.55 bits per heavy atom. The Bertz CT molecular complexity index is 195. The van der Waals surface area contributed by atoms with Gasteiger partial charge in [-0.15, -0.1) is 0 Å². The van der Waals surface area contributed by atoms with Crippen LogP contribution >= 0.6 is 0 Å². The van der Waals surface area contributed by atoms with Crippen molar-refractivity contribution < 1.29 is 0 Å². The lowest BCUT2D eigenvalue weighted by Crippen LogP contribution is -1.59. The van der Waals surface area contributed by atoms with Crippen molar-refractivity contribution in [2.75, 3.05) is 0 Å². The summed E-state index contributed by atoms with van der Waals surface area (Å²) < 4.78 is 0. The van der Waals surface area contributed by atoms with Crippen molar-refractivity contribution in [3.8, 4) is 0 Å². The van der Waals surface area contributed by atoms with Crippen LogP contribution in [0.4, 0.5) is 0 Å². The Kier molecular flexibility index (Phi) is 7.56. The van der Waals surface area contributed by atoms with Gasteiger partial charge in [-0.05, 0) is 19.1 Å². The maximum absolute atomic E-state index is 3.96. The first-order valence-corrected chi connectivity index (χ1v) is 3.50. The quantitative estimate of drug-likeness (QED) is 0.428. The maximum atomic E-state index is 3.96. The summed E-state index contributed by atoms with van der Waals surface area (Å²) in [5.74, 6) is 0. The number of hydrogen-bond acceptors (Lipinski definition) is 1. The Balaban J connectivity index is 3.59. The zero-order chi connectivity index (χ0) is 8.36. The minimum atomic E-state index is 1.71. The second kappa shape index (κ2) is 8.63. The average molecular weight is 147 g/mol. The largest absolute Gasteiger partial charge is 0.265 e. The number of rotatable bonds is 4. The summed E-state index contributed by atoms with van der Waals surface area (Å²) in [5, 5.41) is 0. The molecule has 0 aromatic heterocycles. The second-order valence-electron chi connectivity index (χ2n) is 1.79. The van der Waals surface area contributed by atoms with Crippen LogP contribution in [0.2, 0.25) is 0 Å². The molecule has 0 aliphatic carbocycles. The Morgan fingerprint density at radius 2 is 1.91 bits per heavy atom. The van der Waals surface area contributed by atoms with Crippen molar-refractivity contribution in [2.45, 2.75) is 6.92 Å². The van der Waals surface area contributed by atoms with Crippen molar-refractivity contribution in [3.63, 3.8) is 0 Å². The molecule has 0 aliphatic rings. The van der Waals surface area contributed by atoms with Crippen molar-refractivity contribution in [2.24, 2.45) is 4.99 Å². The summed E-state index contributed by atoms with van der Waals surface area (Å²) in [6.07, 6.45) is 14.6. The highest BCUT2D eigenvalue weighted by atomic mass is 14.6. The molecule has 1 nitrogen and oxygen atoms in total. The second-order valence-corrected chi connectivity index (χ2v) is 1.79. The van der Waals surface area contributed by atoms with E-state index in [-0.39, 0.29) is 0 Å². The average Bonchev–Trinajstić information content (AvgIpc) is 2.03. The molecule has 1 heteroatoms. The zero-order valence-electron chi connectivity index (χ0n) is 6.77. The van der Waals surface area contributed by atoms with Gasteiger partial charge >= 0.3 is 0 Å². The van der Waals surface area contributed by atoms with Crippen molar-refractivity contribution in [3.05, 3.63) is 49.2 Å². The van der Waals surface area contributed by atoms with E-state index in [4.69, 9.17) is 0 Å². The van der Waals surface area contributed by atoms with Crippen LogP contribution in [0, 0.1) is 0 Å². The van der Waals surface area contributed by atoms with Crippen molar-refractivity contribution in [1.82, 2.24) is 0 Å². The van der Waals surface area contributed by atoms with E-state index in [1.807, 2.05) is 37.3 Å². The van der Waals surface area contributed by atoms with Gasteiger partial charge in [-0.25, -0.2) is 0 Å². The lowest BCUT2D eigenvalue weighted by Gasteiger charge is -1.72. The van der Waals surface area contributed by atoms with Gasteiger partial charge in [0.05, 0.1) is 0 Å². The highest BCUT2D eigenvalue weighted by molar-refractivity contribution is 5.71. The van der Waals surface area contributed by atoms with Gasteiger partial charge in [-0.3, -0.25) is 4.99 Å². The Hall–Kier alpha value is -1.37. The molecule has 0 unspecified atom stereocenters. The van der Waals surface area contributed by atoms with Crippen LogP contribution < -0.4 is 0 Å². The fraction of sp³-hybridized carbons (Fsp3) is 0.100. The Labute approximate surface area is 68.2 Å². The van der Waals surface area contributed by atoms with Crippen molar-refractivity contribution >= 4 is 6.21 Å². The minimum Gasteiger partial charge on any atom is -0.265 e. The summed E-state index contributed by atoms with van der Waals surface area (Å²) in [5.41, 5.74) is 0. The fourth-order valence-electron chi connectivity index (χ4n) is 0.438. The normalized spacial score (nSPS) is 12.8. The van der Waals surface area contributed by atoms with Gasteiger partial charge in [0.2, 0.25) is 0 Å².